The highest BCUT2D eigenvalue weighted by Crippen LogP contribution is 2.28. The first-order chi connectivity index (χ1) is 9.74. The summed E-state index contributed by atoms with van der Waals surface area (Å²) in [6, 6.07) is 4.85. The maximum Gasteiger partial charge on any atom is 0.338 e. The number of methoxy groups -OCH3 is 1. The molecular formula is C13H14ClNO5S. The molecule has 1 heterocycles. The number of carbonyl (C=O) groups excluding carboxylic acids is 2. The molecule has 21 heavy (non-hydrogen) atoms. The van der Waals surface area contributed by atoms with Crippen LogP contribution in [-0.2, 0) is 18.6 Å². The second kappa shape index (κ2) is 5.65. The average molecular weight is 332 g/mol. The van der Waals surface area contributed by atoms with Crippen molar-refractivity contribution in [3.05, 3.63) is 29.3 Å². The van der Waals surface area contributed by atoms with Gasteiger partial charge in [-0.25, -0.2) is 13.2 Å². The smallest absolute Gasteiger partial charge is 0.338 e. The molecule has 8 heteroatoms. The van der Waals surface area contributed by atoms with Crippen LogP contribution in [0.1, 0.15) is 22.3 Å². The number of rotatable bonds is 3. The van der Waals surface area contributed by atoms with Crippen molar-refractivity contribution in [1.82, 2.24) is 0 Å². The third kappa shape index (κ3) is 3.19. The number of halogens is 1. The summed E-state index contributed by atoms with van der Waals surface area (Å²) < 4.78 is 27.4. The minimum absolute atomic E-state index is 0.0195. The largest absolute Gasteiger partial charge is 0.465 e. The van der Waals surface area contributed by atoms with E-state index in [1.807, 2.05) is 0 Å². The van der Waals surface area contributed by atoms with E-state index in [1.54, 1.807) is 19.1 Å². The molecule has 6 nitrogen and oxygen atoms in total. The Hall–Kier alpha value is -1.60. The van der Waals surface area contributed by atoms with Gasteiger partial charge < -0.3 is 9.64 Å². The highest BCUT2D eigenvalue weighted by atomic mass is 35.7. The molecule has 0 saturated carbocycles. The molecule has 1 unspecified atom stereocenters. The van der Waals surface area contributed by atoms with Crippen molar-refractivity contribution in [2.45, 2.75) is 18.6 Å². The molecule has 0 N–H and O–H groups in total. The molecule has 1 atom stereocenters. The fraction of sp³-hybridized carbons (Fsp3) is 0.385. The minimum Gasteiger partial charge on any atom is -0.465 e. The van der Waals surface area contributed by atoms with E-state index in [0.29, 0.717) is 16.8 Å². The van der Waals surface area contributed by atoms with Crippen LogP contribution >= 0.6 is 10.7 Å². The van der Waals surface area contributed by atoms with Gasteiger partial charge in [-0.05, 0) is 24.6 Å². The molecule has 0 bridgehead atoms. The van der Waals surface area contributed by atoms with Crippen LogP contribution in [0.2, 0.25) is 0 Å². The molecule has 1 aromatic carbocycles. The van der Waals surface area contributed by atoms with Crippen LogP contribution in [0, 0.1) is 6.92 Å². The lowest BCUT2D eigenvalue weighted by Crippen LogP contribution is -2.27. The summed E-state index contributed by atoms with van der Waals surface area (Å²) in [7, 11) is 2.78. The lowest BCUT2D eigenvalue weighted by molar-refractivity contribution is -0.117. The zero-order valence-electron chi connectivity index (χ0n) is 11.5. The molecule has 2 rings (SSSR count). The van der Waals surface area contributed by atoms with Crippen molar-refractivity contribution >= 4 is 37.3 Å². The van der Waals surface area contributed by atoms with Crippen LogP contribution in [-0.4, -0.2) is 39.2 Å². The van der Waals surface area contributed by atoms with Crippen LogP contribution in [0.4, 0.5) is 5.69 Å². The number of carbonyl (C=O) groups is 2. The summed E-state index contributed by atoms with van der Waals surface area (Å²) in [5, 5.41) is -0.936. The number of benzene rings is 1. The summed E-state index contributed by atoms with van der Waals surface area (Å²) >= 11 is 0. The van der Waals surface area contributed by atoms with Crippen LogP contribution < -0.4 is 4.90 Å². The zero-order valence-corrected chi connectivity index (χ0v) is 13.1. The van der Waals surface area contributed by atoms with E-state index in [-0.39, 0.29) is 18.9 Å². The maximum atomic E-state index is 12.0. The van der Waals surface area contributed by atoms with Gasteiger partial charge >= 0.3 is 5.97 Å². The minimum atomic E-state index is -3.80. The van der Waals surface area contributed by atoms with E-state index in [1.165, 1.54) is 18.1 Å². The van der Waals surface area contributed by atoms with Crippen LogP contribution in [0.3, 0.4) is 0 Å². The first-order valence-electron chi connectivity index (χ1n) is 6.17. The summed E-state index contributed by atoms with van der Waals surface area (Å²) in [5.74, 6) is -0.855. The van der Waals surface area contributed by atoms with Crippen LogP contribution in [0.15, 0.2) is 18.2 Å². The van der Waals surface area contributed by atoms with Crippen LogP contribution in [0.25, 0.3) is 0 Å². The SMILES string of the molecule is COC(=O)c1cc(N2CC(S(=O)(=O)Cl)CC2=O)ccc1C. The predicted molar refractivity (Wildman–Crippen MR) is 78.0 cm³/mol. The lowest BCUT2D eigenvalue weighted by Gasteiger charge is -2.17. The van der Waals surface area contributed by atoms with E-state index in [0.717, 1.165) is 0 Å². The molecule has 1 aliphatic rings. The van der Waals surface area contributed by atoms with Gasteiger partial charge in [-0.2, -0.15) is 0 Å². The highest BCUT2D eigenvalue weighted by Gasteiger charge is 2.38. The lowest BCUT2D eigenvalue weighted by atomic mass is 10.1. The Balaban J connectivity index is 2.35. The number of ether oxygens (including phenoxy) is 1. The van der Waals surface area contributed by atoms with Crippen molar-refractivity contribution in [1.29, 1.82) is 0 Å². The molecule has 0 aliphatic carbocycles. The number of hydrogen-bond donors (Lipinski definition) is 0. The maximum absolute atomic E-state index is 12.0. The highest BCUT2D eigenvalue weighted by molar-refractivity contribution is 8.14. The number of amides is 1. The number of nitrogens with zero attached hydrogens (tertiary/aromatic N) is 1. The van der Waals surface area contributed by atoms with Gasteiger partial charge in [-0.15, -0.1) is 0 Å². The second-order valence-electron chi connectivity index (χ2n) is 4.80. The third-order valence-electron chi connectivity index (χ3n) is 3.43. The van der Waals surface area contributed by atoms with Gasteiger partial charge in [0.25, 0.3) is 0 Å². The zero-order chi connectivity index (χ0) is 15.8. The summed E-state index contributed by atoms with van der Waals surface area (Å²) in [6.07, 6.45) is -0.159. The molecule has 114 valence electrons. The number of esters is 1. The third-order valence-corrected chi connectivity index (χ3v) is 5.29. The molecule has 0 radical (unpaired) electrons. The average Bonchev–Trinajstić information content (AvgIpc) is 2.80. The van der Waals surface area contributed by atoms with E-state index >= 15 is 0 Å². The van der Waals surface area contributed by atoms with Gasteiger partial charge in [-0.1, -0.05) is 6.07 Å². The Morgan fingerprint density at radius 1 is 1.43 bits per heavy atom. The second-order valence-corrected chi connectivity index (χ2v) is 7.71. The Kier molecular flexibility index (Phi) is 4.25. The van der Waals surface area contributed by atoms with E-state index in [2.05, 4.69) is 4.74 Å². The molecule has 1 aliphatic heterocycles. The molecule has 1 saturated heterocycles. The first kappa shape index (κ1) is 15.8. The van der Waals surface area contributed by atoms with Gasteiger partial charge in [0.05, 0.1) is 12.7 Å². The Bertz CT molecular complexity index is 701. The van der Waals surface area contributed by atoms with Crippen molar-refractivity contribution < 1.29 is 22.7 Å². The summed E-state index contributed by atoms with van der Waals surface area (Å²) in [4.78, 5) is 24.9. The van der Waals surface area contributed by atoms with E-state index in [4.69, 9.17) is 10.7 Å². The summed E-state index contributed by atoms with van der Waals surface area (Å²) in [6.45, 7) is 1.72. The number of anilines is 1. The molecule has 0 spiro atoms. The number of aryl methyl sites for hydroxylation is 1. The van der Waals surface area contributed by atoms with Crippen molar-refractivity contribution in [3.8, 4) is 0 Å². The quantitative estimate of drug-likeness (QED) is 0.618. The van der Waals surface area contributed by atoms with Crippen molar-refractivity contribution in [3.63, 3.8) is 0 Å². The Labute approximate surface area is 127 Å². The van der Waals surface area contributed by atoms with Gasteiger partial charge in [-0.3, -0.25) is 4.79 Å². The normalized spacial score (nSPS) is 18.9. The first-order valence-corrected chi connectivity index (χ1v) is 8.54. The topological polar surface area (TPSA) is 80.8 Å². The van der Waals surface area contributed by atoms with Crippen LogP contribution in [0.5, 0.6) is 0 Å². The molecule has 1 amide bonds. The molecule has 0 aromatic heterocycles. The molecular weight excluding hydrogens is 318 g/mol. The standard InChI is InChI=1S/C13H14ClNO5S/c1-8-3-4-9(5-11(8)13(17)20-2)15-7-10(6-12(15)16)21(14,18)19/h3-5,10H,6-7H2,1-2H3. The van der Waals surface area contributed by atoms with Gasteiger partial charge in [0.1, 0.15) is 5.25 Å². The predicted octanol–water partition coefficient (Wildman–Crippen LogP) is 1.46. The van der Waals surface area contributed by atoms with Gasteiger partial charge in [0.15, 0.2) is 0 Å². The van der Waals surface area contributed by atoms with Crippen molar-refractivity contribution in [2.24, 2.45) is 0 Å². The van der Waals surface area contributed by atoms with Gasteiger partial charge in [0, 0.05) is 29.3 Å². The monoisotopic (exact) mass is 331 g/mol. The van der Waals surface area contributed by atoms with E-state index in [9.17, 15) is 18.0 Å². The van der Waals surface area contributed by atoms with Gasteiger partial charge in [0.2, 0.25) is 15.0 Å². The van der Waals surface area contributed by atoms with Crippen molar-refractivity contribution in [2.75, 3.05) is 18.6 Å². The molecule has 1 aromatic rings. The summed E-state index contributed by atoms with van der Waals surface area (Å²) in [5.41, 5.74) is 1.49. The fourth-order valence-corrected chi connectivity index (χ4v) is 3.25. The fourth-order valence-electron chi connectivity index (χ4n) is 2.22. The van der Waals surface area contributed by atoms with E-state index < -0.39 is 20.3 Å². The Morgan fingerprint density at radius 2 is 2.10 bits per heavy atom. The Morgan fingerprint density at radius 3 is 2.62 bits per heavy atom. The number of hydrogen-bond acceptors (Lipinski definition) is 5. The molecule has 1 fully saturated rings.